The second-order valence-electron chi connectivity index (χ2n) is 5.07. The Bertz CT molecular complexity index is 577. The normalized spacial score (nSPS) is 12.2. The predicted molar refractivity (Wildman–Crippen MR) is 85.3 cm³/mol. The molecule has 0 aliphatic heterocycles. The van der Waals surface area contributed by atoms with Crippen LogP contribution in [0.25, 0.3) is 11.1 Å². The van der Waals surface area contributed by atoms with Gasteiger partial charge in [-0.1, -0.05) is 42.8 Å². The Hall–Kier alpha value is -1.80. The number of nitrogens with one attached hydrogen (secondary N) is 1. The second kappa shape index (κ2) is 6.58. The Balaban J connectivity index is 2.55. The van der Waals surface area contributed by atoms with Gasteiger partial charge in [-0.15, -0.1) is 0 Å². The minimum absolute atomic E-state index is 0.321. The zero-order valence-corrected chi connectivity index (χ0v) is 12.7. The molecule has 1 N–H and O–H groups in total. The molecular weight excluding hydrogens is 246 g/mol. The van der Waals surface area contributed by atoms with Crippen molar-refractivity contribution >= 4 is 0 Å². The fraction of sp³-hybridized carbons (Fsp3) is 0.333. The number of hydrogen-bond acceptors (Lipinski definition) is 2. The molecule has 0 aliphatic carbocycles. The van der Waals surface area contributed by atoms with E-state index in [1.54, 1.807) is 7.11 Å². The van der Waals surface area contributed by atoms with E-state index in [9.17, 15) is 0 Å². The van der Waals surface area contributed by atoms with Crippen LogP contribution in [0.3, 0.4) is 0 Å². The van der Waals surface area contributed by atoms with Crippen molar-refractivity contribution in [3.63, 3.8) is 0 Å². The summed E-state index contributed by atoms with van der Waals surface area (Å²) in [5.41, 5.74) is 4.94. The summed E-state index contributed by atoms with van der Waals surface area (Å²) >= 11 is 0. The van der Waals surface area contributed by atoms with Gasteiger partial charge in [0.05, 0.1) is 7.11 Å². The van der Waals surface area contributed by atoms with Crippen LogP contribution < -0.4 is 10.1 Å². The van der Waals surface area contributed by atoms with Crippen molar-refractivity contribution in [2.75, 3.05) is 13.7 Å². The van der Waals surface area contributed by atoms with Gasteiger partial charge in [0, 0.05) is 11.6 Å². The fourth-order valence-corrected chi connectivity index (χ4v) is 2.57. The zero-order chi connectivity index (χ0) is 14.5. The van der Waals surface area contributed by atoms with Crippen molar-refractivity contribution in [2.45, 2.75) is 26.8 Å². The van der Waals surface area contributed by atoms with Crippen LogP contribution in [0.5, 0.6) is 5.75 Å². The maximum Gasteiger partial charge on any atom is 0.126 e. The van der Waals surface area contributed by atoms with E-state index >= 15 is 0 Å². The number of ether oxygens (including phenoxy) is 1. The van der Waals surface area contributed by atoms with Gasteiger partial charge in [0.2, 0.25) is 0 Å². The van der Waals surface area contributed by atoms with Gasteiger partial charge in [-0.05, 0) is 43.7 Å². The van der Waals surface area contributed by atoms with Crippen LogP contribution in [0.1, 0.15) is 31.0 Å². The highest BCUT2D eigenvalue weighted by Crippen LogP contribution is 2.35. The van der Waals surface area contributed by atoms with Crippen molar-refractivity contribution in [3.8, 4) is 16.9 Å². The lowest BCUT2D eigenvalue weighted by Crippen LogP contribution is -2.18. The summed E-state index contributed by atoms with van der Waals surface area (Å²) in [6.45, 7) is 7.40. The molecule has 0 aromatic heterocycles. The molecule has 2 heteroatoms. The Morgan fingerprint density at radius 2 is 1.85 bits per heavy atom. The highest BCUT2D eigenvalue weighted by atomic mass is 16.5. The largest absolute Gasteiger partial charge is 0.496 e. The van der Waals surface area contributed by atoms with Gasteiger partial charge < -0.3 is 10.1 Å². The van der Waals surface area contributed by atoms with Crippen LogP contribution in [0, 0.1) is 6.92 Å². The fourth-order valence-electron chi connectivity index (χ4n) is 2.57. The number of hydrogen-bond donors (Lipinski definition) is 1. The van der Waals surface area contributed by atoms with Crippen molar-refractivity contribution in [2.24, 2.45) is 0 Å². The summed E-state index contributed by atoms with van der Waals surface area (Å²) in [5, 5.41) is 3.48. The quantitative estimate of drug-likeness (QED) is 0.871. The van der Waals surface area contributed by atoms with Gasteiger partial charge in [0.25, 0.3) is 0 Å². The Morgan fingerprint density at radius 3 is 2.55 bits per heavy atom. The van der Waals surface area contributed by atoms with Crippen LogP contribution in [-0.2, 0) is 0 Å². The molecule has 20 heavy (non-hydrogen) atoms. The lowest BCUT2D eigenvalue weighted by molar-refractivity contribution is 0.416. The summed E-state index contributed by atoms with van der Waals surface area (Å²) in [6.07, 6.45) is 0. The molecule has 2 rings (SSSR count). The second-order valence-corrected chi connectivity index (χ2v) is 5.07. The molecule has 2 aromatic rings. The van der Waals surface area contributed by atoms with E-state index in [1.807, 2.05) is 6.07 Å². The molecule has 0 saturated heterocycles. The van der Waals surface area contributed by atoms with E-state index in [2.05, 4.69) is 62.5 Å². The van der Waals surface area contributed by atoms with E-state index in [0.29, 0.717) is 6.04 Å². The third-order valence-electron chi connectivity index (χ3n) is 3.58. The summed E-state index contributed by atoms with van der Waals surface area (Å²) < 4.78 is 5.53. The maximum atomic E-state index is 5.53. The lowest BCUT2D eigenvalue weighted by Gasteiger charge is -2.19. The summed E-state index contributed by atoms with van der Waals surface area (Å²) in [7, 11) is 1.73. The van der Waals surface area contributed by atoms with Gasteiger partial charge in [-0.3, -0.25) is 0 Å². The summed E-state index contributed by atoms with van der Waals surface area (Å²) in [6, 6.07) is 15.2. The van der Waals surface area contributed by atoms with E-state index in [0.717, 1.165) is 17.9 Å². The van der Waals surface area contributed by atoms with Crippen molar-refractivity contribution in [1.82, 2.24) is 5.32 Å². The van der Waals surface area contributed by atoms with Crippen molar-refractivity contribution < 1.29 is 4.74 Å². The molecule has 0 spiro atoms. The van der Waals surface area contributed by atoms with E-state index in [1.165, 1.54) is 16.7 Å². The van der Waals surface area contributed by atoms with Gasteiger partial charge in [-0.2, -0.15) is 0 Å². The third kappa shape index (κ3) is 3.02. The summed E-state index contributed by atoms with van der Waals surface area (Å²) in [5.74, 6) is 0.923. The molecule has 1 unspecified atom stereocenters. The summed E-state index contributed by atoms with van der Waals surface area (Å²) in [4.78, 5) is 0. The molecule has 0 saturated carbocycles. The van der Waals surface area contributed by atoms with Gasteiger partial charge in [0.1, 0.15) is 5.75 Å². The first kappa shape index (κ1) is 14.6. The minimum Gasteiger partial charge on any atom is -0.496 e. The molecule has 0 heterocycles. The molecule has 106 valence electrons. The van der Waals surface area contributed by atoms with Gasteiger partial charge in [0.15, 0.2) is 0 Å². The first-order valence-corrected chi connectivity index (χ1v) is 7.14. The molecule has 1 atom stereocenters. The molecule has 0 amide bonds. The average molecular weight is 269 g/mol. The zero-order valence-electron chi connectivity index (χ0n) is 12.7. The molecular formula is C18H23NO. The number of methoxy groups -OCH3 is 1. The molecule has 0 bridgehead atoms. The standard InChI is InChI=1S/C18H23NO/c1-5-19-14(3)15-8-6-7-9-16(15)17-12-13(2)10-11-18(17)20-4/h6-12,14,19H,5H2,1-4H3. The Labute approximate surface area is 121 Å². The van der Waals surface area contributed by atoms with Gasteiger partial charge in [-0.25, -0.2) is 0 Å². The molecule has 0 aliphatic rings. The average Bonchev–Trinajstić information content (AvgIpc) is 2.47. The van der Waals surface area contributed by atoms with E-state index in [-0.39, 0.29) is 0 Å². The minimum atomic E-state index is 0.321. The maximum absolute atomic E-state index is 5.53. The van der Waals surface area contributed by atoms with Crippen LogP contribution in [0.4, 0.5) is 0 Å². The number of benzene rings is 2. The highest BCUT2D eigenvalue weighted by Gasteiger charge is 2.14. The number of aryl methyl sites for hydroxylation is 1. The monoisotopic (exact) mass is 269 g/mol. The van der Waals surface area contributed by atoms with Crippen LogP contribution in [-0.4, -0.2) is 13.7 Å². The van der Waals surface area contributed by atoms with E-state index < -0.39 is 0 Å². The van der Waals surface area contributed by atoms with Crippen LogP contribution >= 0.6 is 0 Å². The Morgan fingerprint density at radius 1 is 1.10 bits per heavy atom. The first-order valence-electron chi connectivity index (χ1n) is 7.14. The molecule has 2 nitrogen and oxygen atoms in total. The lowest BCUT2D eigenvalue weighted by atomic mass is 9.94. The van der Waals surface area contributed by atoms with Crippen LogP contribution in [0.2, 0.25) is 0 Å². The third-order valence-corrected chi connectivity index (χ3v) is 3.58. The van der Waals surface area contributed by atoms with Crippen molar-refractivity contribution in [1.29, 1.82) is 0 Å². The first-order chi connectivity index (χ1) is 9.67. The highest BCUT2D eigenvalue weighted by molar-refractivity contribution is 5.74. The van der Waals surface area contributed by atoms with Crippen molar-refractivity contribution in [3.05, 3.63) is 53.6 Å². The van der Waals surface area contributed by atoms with Gasteiger partial charge >= 0.3 is 0 Å². The topological polar surface area (TPSA) is 21.3 Å². The molecule has 0 fully saturated rings. The SMILES string of the molecule is CCNC(C)c1ccccc1-c1cc(C)ccc1OC. The Kier molecular flexibility index (Phi) is 4.80. The van der Waals surface area contributed by atoms with E-state index in [4.69, 9.17) is 4.74 Å². The molecule has 2 aromatic carbocycles. The molecule has 0 radical (unpaired) electrons. The van der Waals surface area contributed by atoms with Crippen LogP contribution in [0.15, 0.2) is 42.5 Å². The predicted octanol–water partition coefficient (Wildman–Crippen LogP) is 4.34. The number of rotatable bonds is 5. The smallest absolute Gasteiger partial charge is 0.126 e.